The third-order valence-electron chi connectivity index (χ3n) is 2.88. The van der Waals surface area contributed by atoms with Crippen molar-refractivity contribution in [2.75, 3.05) is 19.8 Å². The average molecular weight is 257 g/mol. The highest BCUT2D eigenvalue weighted by Crippen LogP contribution is 2.24. The fourth-order valence-electron chi connectivity index (χ4n) is 2.05. The van der Waals surface area contributed by atoms with E-state index >= 15 is 0 Å². The van der Waals surface area contributed by atoms with E-state index in [0.717, 1.165) is 5.92 Å². The predicted octanol–water partition coefficient (Wildman–Crippen LogP) is 3.20. The molecule has 0 N–H and O–H groups in total. The first kappa shape index (κ1) is 14.9. The Morgan fingerprint density at radius 3 is 2.24 bits per heavy atom. The molecule has 4 heteroatoms. The number of hydrogen-bond donors (Lipinski definition) is 0. The van der Waals surface area contributed by atoms with Crippen LogP contribution in [0.4, 0.5) is 0 Å². The van der Waals surface area contributed by atoms with E-state index in [2.05, 4.69) is 12.2 Å². The molecule has 1 radical (unpaired) electrons. The molecular weight excluding hydrogens is 232 g/mol. The summed E-state index contributed by atoms with van der Waals surface area (Å²) in [6, 6.07) is 0. The van der Waals surface area contributed by atoms with Gasteiger partial charge in [-0.05, 0) is 32.6 Å². The topological polar surface area (TPSA) is 27.7 Å². The summed E-state index contributed by atoms with van der Waals surface area (Å²) in [6.07, 6.45) is 11.3. The molecule has 0 aliphatic heterocycles. The lowest BCUT2D eigenvalue weighted by Crippen LogP contribution is -2.27. The average Bonchev–Trinajstić information content (AvgIpc) is 2.36. The first-order valence-electron chi connectivity index (χ1n) is 6.78. The summed E-state index contributed by atoms with van der Waals surface area (Å²) < 4.78 is 16.4. The monoisotopic (exact) mass is 257 g/mol. The number of hydrogen-bond acceptors (Lipinski definition) is 3. The van der Waals surface area contributed by atoms with Gasteiger partial charge < -0.3 is 13.3 Å². The second-order valence-corrected chi connectivity index (χ2v) is 5.62. The lowest BCUT2D eigenvalue weighted by molar-refractivity contribution is 0.112. The third-order valence-corrected chi connectivity index (χ3v) is 4.33. The lowest BCUT2D eigenvalue weighted by Gasteiger charge is -2.17. The molecule has 0 atom stereocenters. The quantitative estimate of drug-likeness (QED) is 0.494. The predicted molar refractivity (Wildman–Crippen MR) is 70.7 cm³/mol. The molecule has 0 unspecified atom stereocenters. The Hall–Kier alpha value is -0.163. The van der Waals surface area contributed by atoms with Crippen LogP contribution in [-0.4, -0.2) is 29.3 Å². The van der Waals surface area contributed by atoms with Gasteiger partial charge in [0.05, 0.1) is 6.61 Å². The van der Waals surface area contributed by atoms with Crippen LogP contribution in [0.25, 0.3) is 0 Å². The smallest absolute Gasteiger partial charge is 0.371 e. The maximum Gasteiger partial charge on any atom is 0.578 e. The van der Waals surface area contributed by atoms with E-state index in [1.807, 2.05) is 13.8 Å². The maximum absolute atomic E-state index is 5.58. The molecule has 1 aliphatic rings. The highest BCUT2D eigenvalue weighted by Gasteiger charge is 2.16. The van der Waals surface area contributed by atoms with Gasteiger partial charge in [0.15, 0.2) is 0 Å². The van der Waals surface area contributed by atoms with Crippen LogP contribution in [0, 0.1) is 5.92 Å². The molecule has 1 fully saturated rings. The van der Waals surface area contributed by atoms with Crippen molar-refractivity contribution >= 4 is 9.53 Å². The molecule has 0 saturated heterocycles. The van der Waals surface area contributed by atoms with Crippen molar-refractivity contribution in [3.05, 3.63) is 12.2 Å². The van der Waals surface area contributed by atoms with Crippen LogP contribution >= 0.6 is 0 Å². The Morgan fingerprint density at radius 2 is 1.65 bits per heavy atom. The van der Waals surface area contributed by atoms with Crippen molar-refractivity contribution in [3.63, 3.8) is 0 Å². The highest BCUT2D eigenvalue weighted by atomic mass is 28.3. The first-order chi connectivity index (χ1) is 8.36. The molecule has 0 aromatic carbocycles. The second kappa shape index (κ2) is 9.83. The van der Waals surface area contributed by atoms with Crippen LogP contribution in [0.3, 0.4) is 0 Å². The van der Waals surface area contributed by atoms with Gasteiger partial charge in [-0.2, -0.15) is 0 Å². The molecule has 0 bridgehead atoms. The minimum Gasteiger partial charge on any atom is -0.371 e. The molecule has 1 saturated carbocycles. The van der Waals surface area contributed by atoms with Gasteiger partial charge in [-0.15, -0.1) is 0 Å². The molecule has 0 spiro atoms. The van der Waals surface area contributed by atoms with Crippen LogP contribution in [0.5, 0.6) is 0 Å². The normalized spacial score (nSPS) is 18.3. The van der Waals surface area contributed by atoms with Gasteiger partial charge in [-0.3, -0.25) is 0 Å². The zero-order valence-corrected chi connectivity index (χ0v) is 12.1. The van der Waals surface area contributed by atoms with Gasteiger partial charge in [0.2, 0.25) is 0 Å². The fourth-order valence-corrected chi connectivity index (χ4v) is 3.01. The van der Waals surface area contributed by atoms with Gasteiger partial charge in [-0.25, -0.2) is 0 Å². The molecular formula is C13H25O3Si. The summed E-state index contributed by atoms with van der Waals surface area (Å²) in [5.74, 6) is 0.766. The van der Waals surface area contributed by atoms with E-state index in [-0.39, 0.29) is 0 Å². The number of rotatable bonds is 8. The molecule has 99 valence electrons. The summed E-state index contributed by atoms with van der Waals surface area (Å²) in [5, 5.41) is 0. The van der Waals surface area contributed by atoms with E-state index < -0.39 is 9.53 Å². The minimum absolute atomic E-state index is 0.616. The Bertz CT molecular complexity index is 197. The van der Waals surface area contributed by atoms with Crippen LogP contribution in [0.2, 0.25) is 0 Å². The van der Waals surface area contributed by atoms with Crippen LogP contribution in [0.15, 0.2) is 12.2 Å². The Balaban J connectivity index is 2.12. The third kappa shape index (κ3) is 6.98. The van der Waals surface area contributed by atoms with Gasteiger partial charge in [0.1, 0.15) is 0 Å². The number of allylic oxidation sites excluding steroid dienone is 1. The fraction of sp³-hybridized carbons (Fsp3) is 0.846. The molecule has 0 heterocycles. The van der Waals surface area contributed by atoms with Crippen LogP contribution in [-0.2, 0) is 13.3 Å². The van der Waals surface area contributed by atoms with Crippen molar-refractivity contribution in [1.29, 1.82) is 0 Å². The Morgan fingerprint density at radius 1 is 1.00 bits per heavy atom. The maximum atomic E-state index is 5.58. The van der Waals surface area contributed by atoms with E-state index in [9.17, 15) is 0 Å². The Kier molecular flexibility index (Phi) is 8.61. The zero-order chi connectivity index (χ0) is 12.3. The summed E-state index contributed by atoms with van der Waals surface area (Å²) in [7, 11) is -1.50. The van der Waals surface area contributed by atoms with Crippen LogP contribution in [0.1, 0.15) is 46.0 Å². The molecule has 17 heavy (non-hydrogen) atoms. The zero-order valence-electron chi connectivity index (χ0n) is 11.1. The molecule has 0 aromatic rings. The Labute approximate surface area is 107 Å². The standard InChI is InChI=1S/C13H25O3Si/c1-3-14-17(15-4-2)16-12-8-11-13-9-6-5-7-10-13/h8,11,13H,3-7,9-10,12H2,1-2H3. The summed E-state index contributed by atoms with van der Waals surface area (Å²) in [6.45, 7) is 5.85. The largest absolute Gasteiger partial charge is 0.578 e. The van der Waals surface area contributed by atoms with Crippen LogP contribution < -0.4 is 0 Å². The summed E-state index contributed by atoms with van der Waals surface area (Å²) >= 11 is 0. The minimum atomic E-state index is -1.50. The van der Waals surface area contributed by atoms with E-state index in [1.165, 1.54) is 32.1 Å². The van der Waals surface area contributed by atoms with Crippen molar-refractivity contribution in [3.8, 4) is 0 Å². The second-order valence-electron chi connectivity index (χ2n) is 4.25. The molecule has 3 nitrogen and oxygen atoms in total. The summed E-state index contributed by atoms with van der Waals surface area (Å²) in [4.78, 5) is 0. The highest BCUT2D eigenvalue weighted by molar-refractivity contribution is 6.36. The van der Waals surface area contributed by atoms with Gasteiger partial charge in [0, 0.05) is 13.2 Å². The van der Waals surface area contributed by atoms with Crippen molar-refractivity contribution in [2.45, 2.75) is 46.0 Å². The molecule has 0 aromatic heterocycles. The van der Waals surface area contributed by atoms with Crippen molar-refractivity contribution in [1.82, 2.24) is 0 Å². The van der Waals surface area contributed by atoms with Gasteiger partial charge in [0.25, 0.3) is 0 Å². The van der Waals surface area contributed by atoms with Gasteiger partial charge in [-0.1, -0.05) is 31.4 Å². The van der Waals surface area contributed by atoms with Gasteiger partial charge >= 0.3 is 9.53 Å². The van der Waals surface area contributed by atoms with E-state index in [0.29, 0.717) is 19.8 Å². The molecule has 0 amide bonds. The molecule has 1 aliphatic carbocycles. The summed E-state index contributed by atoms with van der Waals surface area (Å²) in [5.41, 5.74) is 0. The van der Waals surface area contributed by atoms with E-state index in [4.69, 9.17) is 13.3 Å². The SMILES string of the molecule is CCO[Si](OCC)OCC=CC1CCCCC1. The van der Waals surface area contributed by atoms with Crippen molar-refractivity contribution < 1.29 is 13.3 Å². The van der Waals surface area contributed by atoms with E-state index in [1.54, 1.807) is 0 Å². The van der Waals surface area contributed by atoms with Crippen molar-refractivity contribution in [2.24, 2.45) is 5.92 Å². The lowest BCUT2D eigenvalue weighted by atomic mass is 9.89. The molecule has 1 rings (SSSR count). The first-order valence-corrected chi connectivity index (χ1v) is 8.01.